The van der Waals surface area contributed by atoms with Crippen molar-refractivity contribution in [1.82, 2.24) is 20.6 Å². The van der Waals surface area contributed by atoms with Gasteiger partial charge in [0.1, 0.15) is 29.3 Å². The standard InChI is InChI=1S/C24H17ClFN5O4/c25-19-11-15(26)6-5-14(19)12-33-17-9-7-16(8-10-17)27-23(32)22-18-3-1-2-4-20(18)35-24(22)34-13-21-28-30-31-29-21/h1-11H,12-13H2,(H,27,32)(H,28,29,30,31). The van der Waals surface area contributed by atoms with E-state index in [-0.39, 0.29) is 24.7 Å². The van der Waals surface area contributed by atoms with E-state index in [9.17, 15) is 9.18 Å². The lowest BCUT2D eigenvalue weighted by Gasteiger charge is -2.10. The fourth-order valence-electron chi connectivity index (χ4n) is 3.34. The summed E-state index contributed by atoms with van der Waals surface area (Å²) in [5, 5.41) is 17.1. The van der Waals surface area contributed by atoms with Crippen molar-refractivity contribution in [2.75, 3.05) is 5.32 Å². The first kappa shape index (κ1) is 22.4. The smallest absolute Gasteiger partial charge is 0.299 e. The highest BCUT2D eigenvalue weighted by Gasteiger charge is 2.23. The molecule has 2 heterocycles. The minimum absolute atomic E-state index is 0.00277. The maximum Gasteiger partial charge on any atom is 0.299 e. The van der Waals surface area contributed by atoms with Crippen LogP contribution in [-0.4, -0.2) is 26.5 Å². The van der Waals surface area contributed by atoms with Gasteiger partial charge in [0.25, 0.3) is 11.9 Å². The number of carbonyl (C=O) groups is 1. The number of hydrogen-bond acceptors (Lipinski definition) is 7. The molecule has 3 aromatic carbocycles. The summed E-state index contributed by atoms with van der Waals surface area (Å²) in [5.74, 6) is 0.174. The predicted octanol–water partition coefficient (Wildman–Crippen LogP) is 5.15. The van der Waals surface area contributed by atoms with Gasteiger partial charge in [-0.2, -0.15) is 0 Å². The summed E-state index contributed by atoms with van der Waals surface area (Å²) in [7, 11) is 0. The number of H-pyrrole nitrogens is 1. The molecule has 35 heavy (non-hydrogen) atoms. The van der Waals surface area contributed by atoms with E-state index in [0.717, 1.165) is 0 Å². The van der Waals surface area contributed by atoms with Crippen LogP contribution in [0.2, 0.25) is 5.02 Å². The molecule has 0 saturated carbocycles. The molecule has 0 atom stereocenters. The van der Waals surface area contributed by atoms with Crippen LogP contribution in [0, 0.1) is 5.82 Å². The predicted molar refractivity (Wildman–Crippen MR) is 125 cm³/mol. The quantitative estimate of drug-likeness (QED) is 0.307. The molecule has 2 aromatic heterocycles. The lowest BCUT2D eigenvalue weighted by atomic mass is 10.1. The van der Waals surface area contributed by atoms with Crippen LogP contribution in [-0.2, 0) is 13.2 Å². The zero-order chi connectivity index (χ0) is 24.2. The van der Waals surface area contributed by atoms with Crippen molar-refractivity contribution >= 4 is 34.2 Å². The molecule has 0 spiro atoms. The molecule has 5 rings (SSSR count). The van der Waals surface area contributed by atoms with Gasteiger partial charge in [0, 0.05) is 16.6 Å². The molecule has 0 fully saturated rings. The monoisotopic (exact) mass is 493 g/mol. The number of tetrazole rings is 1. The number of rotatable bonds is 8. The third-order valence-electron chi connectivity index (χ3n) is 5.04. The summed E-state index contributed by atoms with van der Waals surface area (Å²) >= 11 is 6.04. The maximum absolute atomic E-state index is 13.2. The molecule has 0 bridgehead atoms. The highest BCUT2D eigenvalue weighted by molar-refractivity contribution is 6.31. The number of hydrogen-bond donors (Lipinski definition) is 2. The van der Waals surface area contributed by atoms with Crippen LogP contribution in [0.5, 0.6) is 11.7 Å². The Labute approximate surface area is 202 Å². The minimum Gasteiger partial charge on any atom is -0.489 e. The molecule has 0 radical (unpaired) electrons. The fourth-order valence-corrected chi connectivity index (χ4v) is 3.56. The number of anilines is 1. The van der Waals surface area contributed by atoms with E-state index in [1.54, 1.807) is 54.6 Å². The molecule has 0 unspecified atom stereocenters. The molecular formula is C24H17ClFN5O4. The second kappa shape index (κ2) is 9.82. The number of aromatic amines is 1. The maximum atomic E-state index is 13.2. The Morgan fingerprint density at radius 3 is 2.66 bits per heavy atom. The van der Waals surface area contributed by atoms with Gasteiger partial charge in [-0.15, -0.1) is 5.10 Å². The molecule has 0 aliphatic heterocycles. The zero-order valence-electron chi connectivity index (χ0n) is 18.0. The van der Waals surface area contributed by atoms with Crippen molar-refractivity contribution in [3.05, 3.63) is 94.5 Å². The molecule has 0 aliphatic rings. The SMILES string of the molecule is O=C(Nc1ccc(OCc2ccc(F)cc2Cl)cc1)c1c(OCc2nnn[nH]2)oc2ccccc12. The summed E-state index contributed by atoms with van der Waals surface area (Å²) in [5.41, 5.74) is 1.95. The van der Waals surface area contributed by atoms with E-state index >= 15 is 0 Å². The lowest BCUT2D eigenvalue weighted by molar-refractivity contribution is 0.102. The summed E-state index contributed by atoms with van der Waals surface area (Å²) in [4.78, 5) is 13.2. The van der Waals surface area contributed by atoms with E-state index in [4.69, 9.17) is 25.5 Å². The lowest BCUT2D eigenvalue weighted by Crippen LogP contribution is -2.13. The van der Waals surface area contributed by atoms with Crippen LogP contribution in [0.4, 0.5) is 10.1 Å². The van der Waals surface area contributed by atoms with Crippen LogP contribution in [0.1, 0.15) is 21.7 Å². The number of halogens is 2. The summed E-state index contributed by atoms with van der Waals surface area (Å²) in [6, 6.07) is 18.0. The Morgan fingerprint density at radius 1 is 1.06 bits per heavy atom. The molecule has 1 amide bonds. The minimum atomic E-state index is -0.410. The zero-order valence-corrected chi connectivity index (χ0v) is 18.8. The first-order valence-corrected chi connectivity index (χ1v) is 10.8. The largest absolute Gasteiger partial charge is 0.489 e. The number of furan rings is 1. The van der Waals surface area contributed by atoms with Gasteiger partial charge in [0.2, 0.25) is 0 Å². The molecule has 176 valence electrons. The second-order valence-corrected chi connectivity index (χ2v) is 7.81. The van der Waals surface area contributed by atoms with Gasteiger partial charge in [-0.05, 0) is 52.9 Å². The Kier molecular flexibility index (Phi) is 6.27. The Bertz CT molecular complexity index is 1470. The van der Waals surface area contributed by atoms with Crippen LogP contribution in [0.15, 0.2) is 71.1 Å². The highest BCUT2D eigenvalue weighted by Crippen LogP contribution is 2.33. The molecule has 0 aliphatic carbocycles. The summed E-state index contributed by atoms with van der Waals surface area (Å²) in [6.45, 7) is 0.171. The van der Waals surface area contributed by atoms with Gasteiger partial charge < -0.3 is 19.2 Å². The number of ether oxygens (including phenoxy) is 2. The molecule has 5 aromatic rings. The number of para-hydroxylation sites is 1. The third-order valence-corrected chi connectivity index (χ3v) is 5.39. The number of fused-ring (bicyclic) bond motifs is 1. The molecule has 9 nitrogen and oxygen atoms in total. The Balaban J connectivity index is 1.29. The molecule has 2 N–H and O–H groups in total. The summed E-state index contributed by atoms with van der Waals surface area (Å²) < 4.78 is 30.3. The third kappa shape index (κ3) is 5.07. The molecular weight excluding hydrogens is 477 g/mol. The van der Waals surface area contributed by atoms with Crippen molar-refractivity contribution < 1.29 is 23.1 Å². The fraction of sp³-hybridized carbons (Fsp3) is 0.0833. The number of nitrogens with zero attached hydrogens (tertiary/aromatic N) is 3. The Morgan fingerprint density at radius 2 is 1.89 bits per heavy atom. The van der Waals surface area contributed by atoms with Gasteiger partial charge in [-0.1, -0.05) is 35.9 Å². The van der Waals surface area contributed by atoms with Gasteiger partial charge in [-0.3, -0.25) is 4.79 Å². The van der Waals surface area contributed by atoms with Crippen molar-refractivity contribution in [2.45, 2.75) is 13.2 Å². The normalized spacial score (nSPS) is 10.9. The van der Waals surface area contributed by atoms with Crippen molar-refractivity contribution in [3.63, 3.8) is 0 Å². The number of amides is 1. The van der Waals surface area contributed by atoms with Crippen LogP contribution >= 0.6 is 11.6 Å². The second-order valence-electron chi connectivity index (χ2n) is 7.40. The highest BCUT2D eigenvalue weighted by atomic mass is 35.5. The average Bonchev–Trinajstić information content (AvgIpc) is 3.50. The topological polar surface area (TPSA) is 115 Å². The Hall–Kier alpha value is -4.44. The molecule has 0 saturated heterocycles. The van der Waals surface area contributed by atoms with Gasteiger partial charge in [-0.25, -0.2) is 9.49 Å². The van der Waals surface area contributed by atoms with Crippen LogP contribution in [0.25, 0.3) is 11.0 Å². The van der Waals surface area contributed by atoms with E-state index < -0.39 is 11.7 Å². The van der Waals surface area contributed by atoms with Crippen LogP contribution in [0.3, 0.4) is 0 Å². The van der Waals surface area contributed by atoms with Crippen molar-refractivity contribution in [3.8, 4) is 11.7 Å². The number of carbonyl (C=O) groups excluding carboxylic acids is 1. The number of nitrogens with one attached hydrogen (secondary N) is 2. The van der Waals surface area contributed by atoms with Gasteiger partial charge >= 0.3 is 0 Å². The van der Waals surface area contributed by atoms with Gasteiger partial charge in [0.05, 0.1) is 5.02 Å². The number of benzene rings is 3. The summed E-state index contributed by atoms with van der Waals surface area (Å²) in [6.07, 6.45) is 0. The number of aromatic nitrogens is 4. The van der Waals surface area contributed by atoms with Crippen molar-refractivity contribution in [1.29, 1.82) is 0 Å². The molecule has 11 heteroatoms. The van der Waals surface area contributed by atoms with Crippen LogP contribution < -0.4 is 14.8 Å². The first-order valence-electron chi connectivity index (χ1n) is 10.4. The van der Waals surface area contributed by atoms with E-state index in [0.29, 0.717) is 38.8 Å². The average molecular weight is 494 g/mol. The van der Waals surface area contributed by atoms with Gasteiger partial charge in [0.15, 0.2) is 12.4 Å². The van der Waals surface area contributed by atoms with Crippen molar-refractivity contribution in [2.24, 2.45) is 0 Å². The van der Waals surface area contributed by atoms with E-state index in [1.165, 1.54) is 12.1 Å². The van der Waals surface area contributed by atoms with E-state index in [1.807, 2.05) is 0 Å². The van der Waals surface area contributed by atoms with E-state index in [2.05, 4.69) is 25.9 Å². The first-order chi connectivity index (χ1) is 17.1.